The molecule has 0 fully saturated rings. The molecule has 0 saturated carbocycles. The summed E-state index contributed by atoms with van der Waals surface area (Å²) in [4.78, 5) is 13.4. The summed E-state index contributed by atoms with van der Waals surface area (Å²) >= 11 is 0. The van der Waals surface area contributed by atoms with E-state index < -0.39 is 29.0 Å². The monoisotopic (exact) mass is 326 g/mol. The lowest BCUT2D eigenvalue weighted by molar-refractivity contribution is -0.117. The number of anilines is 1. The van der Waals surface area contributed by atoms with Crippen LogP contribution in [0.15, 0.2) is 36.4 Å². The number of halogens is 4. The molecular weight excluding hydrogens is 312 g/mol. The molecule has 0 radical (unpaired) electrons. The van der Waals surface area contributed by atoms with E-state index in [1.165, 1.54) is 12.1 Å². The first-order chi connectivity index (χ1) is 10.9. The van der Waals surface area contributed by atoms with E-state index in [9.17, 15) is 22.4 Å². The predicted octanol–water partition coefficient (Wildman–Crippen LogP) is 3.31. The van der Waals surface area contributed by atoms with Crippen LogP contribution in [0.5, 0.6) is 0 Å². The zero-order valence-electron chi connectivity index (χ0n) is 12.2. The highest BCUT2D eigenvalue weighted by Gasteiger charge is 2.16. The van der Waals surface area contributed by atoms with Gasteiger partial charge in [0.15, 0.2) is 17.5 Å². The lowest BCUT2D eigenvalue weighted by Crippen LogP contribution is -2.30. The molecule has 0 saturated heterocycles. The summed E-state index contributed by atoms with van der Waals surface area (Å²) in [5.74, 6) is -5.35. The van der Waals surface area contributed by atoms with Gasteiger partial charge in [-0.1, -0.05) is 12.1 Å². The lowest BCUT2D eigenvalue weighted by atomic mass is 10.2. The number of amides is 1. The van der Waals surface area contributed by atoms with Crippen molar-refractivity contribution in [2.75, 3.05) is 18.9 Å². The Balaban J connectivity index is 1.94. The molecule has 0 unspecified atom stereocenters. The summed E-state index contributed by atoms with van der Waals surface area (Å²) in [6.07, 6.45) is 0. The van der Waals surface area contributed by atoms with Crippen molar-refractivity contribution in [3.8, 4) is 0 Å². The summed E-state index contributed by atoms with van der Waals surface area (Å²) in [7, 11) is 1.64. The second kappa shape index (κ2) is 7.23. The fraction of sp³-hybridized carbons (Fsp3) is 0.188. The van der Waals surface area contributed by atoms with Crippen LogP contribution in [0.2, 0.25) is 0 Å². The first-order valence-corrected chi connectivity index (χ1v) is 6.73. The van der Waals surface area contributed by atoms with Crippen molar-refractivity contribution in [2.45, 2.75) is 6.54 Å². The molecule has 0 atom stereocenters. The van der Waals surface area contributed by atoms with E-state index in [1.54, 1.807) is 24.1 Å². The van der Waals surface area contributed by atoms with E-state index >= 15 is 0 Å². The fourth-order valence-electron chi connectivity index (χ4n) is 2.01. The Morgan fingerprint density at radius 3 is 2.30 bits per heavy atom. The van der Waals surface area contributed by atoms with Crippen molar-refractivity contribution < 1.29 is 22.4 Å². The number of benzene rings is 2. The number of hydrogen-bond acceptors (Lipinski definition) is 2. The Bertz CT molecular complexity index is 704. The van der Waals surface area contributed by atoms with Gasteiger partial charge in [0.2, 0.25) is 5.91 Å². The number of nitrogens with one attached hydrogen (secondary N) is 1. The topological polar surface area (TPSA) is 32.3 Å². The van der Waals surface area contributed by atoms with Gasteiger partial charge in [0.05, 0.1) is 12.2 Å². The van der Waals surface area contributed by atoms with Crippen molar-refractivity contribution in [3.63, 3.8) is 0 Å². The number of likely N-dealkylation sites (N-methyl/N-ethyl adjacent to an activating group) is 1. The van der Waals surface area contributed by atoms with E-state index in [1.807, 2.05) is 0 Å². The van der Waals surface area contributed by atoms with E-state index in [-0.39, 0.29) is 12.4 Å². The average molecular weight is 326 g/mol. The molecule has 2 aromatic carbocycles. The molecule has 0 bridgehead atoms. The third-order valence-corrected chi connectivity index (χ3v) is 3.09. The maximum atomic E-state index is 13.5. The van der Waals surface area contributed by atoms with Gasteiger partial charge in [-0.15, -0.1) is 0 Å². The van der Waals surface area contributed by atoms with Crippen LogP contribution in [0, 0.1) is 23.3 Å². The van der Waals surface area contributed by atoms with E-state index in [0.717, 1.165) is 17.7 Å². The van der Waals surface area contributed by atoms with Gasteiger partial charge < -0.3 is 5.32 Å². The number of nitrogens with zero attached hydrogens (tertiary/aromatic N) is 1. The Hall–Kier alpha value is -2.41. The van der Waals surface area contributed by atoms with Crippen molar-refractivity contribution in [3.05, 3.63) is 65.2 Å². The van der Waals surface area contributed by atoms with Crippen LogP contribution >= 0.6 is 0 Å². The van der Waals surface area contributed by atoms with Crippen molar-refractivity contribution in [1.29, 1.82) is 0 Å². The SMILES string of the molecule is CN(CC(=O)Nc1ccc(F)c(F)c1F)Cc1ccc(F)cc1. The Morgan fingerprint density at radius 2 is 1.65 bits per heavy atom. The van der Waals surface area contributed by atoms with Gasteiger partial charge in [-0.2, -0.15) is 0 Å². The molecule has 0 aromatic heterocycles. The van der Waals surface area contributed by atoms with Crippen LogP contribution in [0.1, 0.15) is 5.56 Å². The normalized spacial score (nSPS) is 10.9. The van der Waals surface area contributed by atoms with Gasteiger partial charge in [-0.25, -0.2) is 17.6 Å². The molecule has 3 nitrogen and oxygen atoms in total. The third-order valence-electron chi connectivity index (χ3n) is 3.09. The molecule has 23 heavy (non-hydrogen) atoms. The second-order valence-electron chi connectivity index (χ2n) is 5.07. The third kappa shape index (κ3) is 4.53. The first-order valence-electron chi connectivity index (χ1n) is 6.73. The average Bonchev–Trinajstić information content (AvgIpc) is 2.50. The van der Waals surface area contributed by atoms with Crippen LogP contribution in [0.4, 0.5) is 23.2 Å². The minimum absolute atomic E-state index is 0.101. The minimum Gasteiger partial charge on any atom is -0.322 e. The van der Waals surface area contributed by atoms with Crippen LogP contribution < -0.4 is 5.32 Å². The molecule has 0 aliphatic carbocycles. The lowest BCUT2D eigenvalue weighted by Gasteiger charge is -2.16. The highest BCUT2D eigenvalue weighted by Crippen LogP contribution is 2.19. The van der Waals surface area contributed by atoms with Gasteiger partial charge in [0, 0.05) is 6.54 Å². The fourth-order valence-corrected chi connectivity index (χ4v) is 2.01. The minimum atomic E-state index is -1.64. The van der Waals surface area contributed by atoms with Crippen molar-refractivity contribution in [1.82, 2.24) is 4.90 Å². The van der Waals surface area contributed by atoms with E-state index in [0.29, 0.717) is 6.54 Å². The van der Waals surface area contributed by atoms with Crippen LogP contribution in [-0.2, 0) is 11.3 Å². The number of carbonyl (C=O) groups excluding carboxylic acids is 1. The number of hydrogen-bond donors (Lipinski definition) is 1. The largest absolute Gasteiger partial charge is 0.322 e. The summed E-state index contributed by atoms with van der Waals surface area (Å²) < 4.78 is 52.2. The summed E-state index contributed by atoms with van der Waals surface area (Å²) in [6, 6.07) is 7.46. The molecule has 0 spiro atoms. The molecule has 2 rings (SSSR count). The molecule has 122 valence electrons. The van der Waals surface area contributed by atoms with Crippen molar-refractivity contribution in [2.24, 2.45) is 0 Å². The maximum Gasteiger partial charge on any atom is 0.238 e. The molecule has 0 aliphatic rings. The van der Waals surface area contributed by atoms with Gasteiger partial charge in [-0.05, 0) is 36.9 Å². The number of rotatable bonds is 5. The molecule has 7 heteroatoms. The highest BCUT2D eigenvalue weighted by atomic mass is 19.2. The van der Waals surface area contributed by atoms with E-state index in [4.69, 9.17) is 0 Å². The summed E-state index contributed by atoms with van der Waals surface area (Å²) in [5.41, 5.74) is 0.366. The smallest absolute Gasteiger partial charge is 0.238 e. The Labute approximate surface area is 130 Å². The zero-order chi connectivity index (χ0) is 17.0. The molecule has 1 amide bonds. The number of carbonyl (C=O) groups is 1. The van der Waals surface area contributed by atoms with Gasteiger partial charge in [0.25, 0.3) is 0 Å². The summed E-state index contributed by atoms with van der Waals surface area (Å²) in [5, 5.41) is 2.18. The maximum absolute atomic E-state index is 13.5. The first kappa shape index (κ1) is 17.0. The second-order valence-corrected chi connectivity index (χ2v) is 5.07. The molecule has 0 aliphatic heterocycles. The standard InChI is InChI=1S/C16H14F4N2O/c1-22(8-10-2-4-11(17)5-3-10)9-14(23)21-13-7-6-12(18)15(19)16(13)20/h2-7H,8-9H2,1H3,(H,21,23). The highest BCUT2D eigenvalue weighted by molar-refractivity contribution is 5.92. The Morgan fingerprint density at radius 1 is 1.00 bits per heavy atom. The van der Waals surface area contributed by atoms with Crippen molar-refractivity contribution >= 4 is 11.6 Å². The van der Waals surface area contributed by atoms with E-state index in [2.05, 4.69) is 5.32 Å². The van der Waals surface area contributed by atoms with Gasteiger partial charge >= 0.3 is 0 Å². The zero-order valence-corrected chi connectivity index (χ0v) is 12.2. The van der Waals surface area contributed by atoms with Gasteiger partial charge in [-0.3, -0.25) is 9.69 Å². The van der Waals surface area contributed by atoms with Crippen LogP contribution in [0.3, 0.4) is 0 Å². The molecule has 2 aromatic rings. The van der Waals surface area contributed by atoms with Crippen LogP contribution in [0.25, 0.3) is 0 Å². The molecular formula is C16H14F4N2O. The molecule has 1 N–H and O–H groups in total. The molecule has 0 heterocycles. The predicted molar refractivity (Wildman–Crippen MR) is 77.7 cm³/mol. The van der Waals surface area contributed by atoms with Gasteiger partial charge in [0.1, 0.15) is 5.82 Å². The quantitative estimate of drug-likeness (QED) is 0.675. The summed E-state index contributed by atoms with van der Waals surface area (Å²) in [6.45, 7) is 0.268. The van der Waals surface area contributed by atoms with Crippen LogP contribution in [-0.4, -0.2) is 24.4 Å². The Kier molecular flexibility index (Phi) is 5.33.